The number of ether oxygens (including phenoxy) is 4. The Labute approximate surface area is 136 Å². The minimum Gasteiger partial charge on any atom is -0.485 e. The zero-order chi connectivity index (χ0) is 17.2. The molecule has 0 saturated heterocycles. The second-order valence-corrected chi connectivity index (χ2v) is 4.55. The van der Waals surface area contributed by atoms with Crippen LogP contribution in [0.15, 0.2) is 0 Å². The van der Waals surface area contributed by atoms with Crippen LogP contribution < -0.4 is 4.74 Å². The second kappa shape index (κ2) is 10.6. The standard InChI is InChI=1S/C14H17ClF4O4/c1-2-20-3-4-21-5-6-22-7-8-23-14-12(18)10(16)9(15)11(17)13(14)19/h2-8H2,1H3. The topological polar surface area (TPSA) is 36.9 Å². The first-order chi connectivity index (χ1) is 11.0. The molecule has 0 N–H and O–H groups in total. The van der Waals surface area contributed by atoms with Crippen molar-refractivity contribution in [2.45, 2.75) is 6.92 Å². The Balaban J connectivity index is 2.27. The zero-order valence-electron chi connectivity index (χ0n) is 12.5. The average Bonchev–Trinajstić information content (AvgIpc) is 2.55. The third-order valence-corrected chi connectivity index (χ3v) is 2.92. The molecule has 1 aromatic rings. The smallest absolute Gasteiger partial charge is 0.205 e. The third kappa shape index (κ3) is 6.14. The molecule has 1 rings (SSSR count). The van der Waals surface area contributed by atoms with E-state index in [1.165, 1.54) is 0 Å². The molecule has 0 heterocycles. The molecule has 0 bridgehead atoms. The number of rotatable bonds is 11. The molecular formula is C14H17ClF4O4. The van der Waals surface area contributed by atoms with Gasteiger partial charge >= 0.3 is 0 Å². The van der Waals surface area contributed by atoms with E-state index in [4.69, 9.17) is 25.8 Å². The molecule has 0 aliphatic rings. The van der Waals surface area contributed by atoms with Crippen molar-refractivity contribution in [3.63, 3.8) is 0 Å². The van der Waals surface area contributed by atoms with Crippen molar-refractivity contribution in [1.82, 2.24) is 0 Å². The Hall–Kier alpha value is -1.09. The Morgan fingerprint density at radius 3 is 1.61 bits per heavy atom. The summed E-state index contributed by atoms with van der Waals surface area (Å²) < 4.78 is 73.2. The normalized spacial score (nSPS) is 11.0. The van der Waals surface area contributed by atoms with Crippen LogP contribution in [-0.2, 0) is 14.2 Å². The lowest BCUT2D eigenvalue weighted by molar-refractivity contribution is 0.0109. The Kier molecular flexibility index (Phi) is 9.23. The van der Waals surface area contributed by atoms with Crippen molar-refractivity contribution in [1.29, 1.82) is 0 Å². The molecule has 0 unspecified atom stereocenters. The van der Waals surface area contributed by atoms with Crippen LogP contribution in [0.1, 0.15) is 6.92 Å². The minimum atomic E-state index is -1.70. The molecule has 0 aromatic heterocycles. The van der Waals surface area contributed by atoms with E-state index in [9.17, 15) is 17.6 Å². The Morgan fingerprint density at radius 1 is 0.696 bits per heavy atom. The summed E-state index contributed by atoms with van der Waals surface area (Å²) in [6.45, 7) is 3.57. The Morgan fingerprint density at radius 2 is 1.13 bits per heavy atom. The molecule has 0 amide bonds. The van der Waals surface area contributed by atoms with Crippen LogP contribution in [0, 0.1) is 23.3 Å². The molecular weight excluding hydrogens is 344 g/mol. The first-order valence-electron chi connectivity index (χ1n) is 6.88. The van der Waals surface area contributed by atoms with Gasteiger partial charge in [-0.05, 0) is 6.92 Å². The number of benzene rings is 1. The van der Waals surface area contributed by atoms with E-state index in [1.807, 2.05) is 6.92 Å². The number of halogens is 5. The van der Waals surface area contributed by atoms with Gasteiger partial charge in [0.15, 0.2) is 17.4 Å². The second-order valence-electron chi connectivity index (χ2n) is 4.17. The lowest BCUT2D eigenvalue weighted by Gasteiger charge is -2.11. The maximum absolute atomic E-state index is 13.4. The molecule has 132 valence electrons. The molecule has 0 spiro atoms. The largest absolute Gasteiger partial charge is 0.485 e. The minimum absolute atomic E-state index is 0.0421. The van der Waals surface area contributed by atoms with Gasteiger partial charge in [-0.3, -0.25) is 0 Å². The van der Waals surface area contributed by atoms with E-state index >= 15 is 0 Å². The van der Waals surface area contributed by atoms with Gasteiger partial charge in [0.1, 0.15) is 11.6 Å². The van der Waals surface area contributed by atoms with Gasteiger partial charge in [0.25, 0.3) is 0 Å². The average molecular weight is 361 g/mol. The summed E-state index contributed by atoms with van der Waals surface area (Å²) >= 11 is 5.09. The molecule has 0 radical (unpaired) electrons. The highest BCUT2D eigenvalue weighted by atomic mass is 35.5. The summed E-state index contributed by atoms with van der Waals surface area (Å²) in [5, 5.41) is -1.26. The van der Waals surface area contributed by atoms with Crippen molar-refractivity contribution in [3.8, 4) is 5.75 Å². The monoisotopic (exact) mass is 360 g/mol. The van der Waals surface area contributed by atoms with Crippen LogP contribution in [0.4, 0.5) is 17.6 Å². The predicted octanol–water partition coefficient (Wildman–Crippen LogP) is 3.34. The lowest BCUT2D eigenvalue weighted by atomic mass is 10.3. The van der Waals surface area contributed by atoms with Gasteiger partial charge in [0.2, 0.25) is 11.6 Å². The van der Waals surface area contributed by atoms with E-state index in [1.54, 1.807) is 0 Å². The maximum Gasteiger partial charge on any atom is 0.205 e. The highest BCUT2D eigenvalue weighted by molar-refractivity contribution is 6.30. The van der Waals surface area contributed by atoms with Crippen molar-refractivity contribution < 1.29 is 36.5 Å². The van der Waals surface area contributed by atoms with Crippen molar-refractivity contribution in [2.24, 2.45) is 0 Å². The maximum atomic E-state index is 13.4. The molecule has 0 saturated carbocycles. The number of hydrogen-bond acceptors (Lipinski definition) is 4. The van der Waals surface area contributed by atoms with Crippen LogP contribution in [0.25, 0.3) is 0 Å². The third-order valence-electron chi connectivity index (χ3n) is 2.59. The summed E-state index contributed by atoms with van der Waals surface area (Å²) in [6, 6.07) is 0. The van der Waals surface area contributed by atoms with Gasteiger partial charge in [-0.25, -0.2) is 8.78 Å². The van der Waals surface area contributed by atoms with Gasteiger partial charge in [-0.1, -0.05) is 11.6 Å². The van der Waals surface area contributed by atoms with E-state index in [-0.39, 0.29) is 19.8 Å². The SMILES string of the molecule is CCOCCOCCOCCOc1c(F)c(F)c(Cl)c(F)c1F. The molecule has 9 heteroatoms. The first-order valence-corrected chi connectivity index (χ1v) is 7.25. The predicted molar refractivity (Wildman–Crippen MR) is 74.9 cm³/mol. The van der Waals surface area contributed by atoms with Crippen LogP contribution in [0.5, 0.6) is 5.75 Å². The highest BCUT2D eigenvalue weighted by Gasteiger charge is 2.25. The van der Waals surface area contributed by atoms with Gasteiger partial charge in [-0.2, -0.15) is 8.78 Å². The fourth-order valence-electron chi connectivity index (χ4n) is 1.50. The molecule has 0 aliphatic carbocycles. The van der Waals surface area contributed by atoms with Crippen LogP contribution in [0.3, 0.4) is 0 Å². The van der Waals surface area contributed by atoms with Gasteiger partial charge in [0.05, 0.1) is 33.0 Å². The summed E-state index contributed by atoms with van der Waals surface area (Å²) in [4.78, 5) is 0. The molecule has 0 aliphatic heterocycles. The van der Waals surface area contributed by atoms with Crippen LogP contribution >= 0.6 is 11.6 Å². The van der Waals surface area contributed by atoms with Crippen molar-refractivity contribution >= 4 is 11.6 Å². The quantitative estimate of drug-likeness (QED) is 0.262. The lowest BCUT2D eigenvalue weighted by Crippen LogP contribution is -2.14. The molecule has 1 aromatic carbocycles. The van der Waals surface area contributed by atoms with Crippen LogP contribution in [-0.4, -0.2) is 46.2 Å². The molecule has 0 fully saturated rings. The zero-order valence-corrected chi connectivity index (χ0v) is 13.2. The van der Waals surface area contributed by atoms with Gasteiger partial charge in [0, 0.05) is 6.61 Å². The summed E-state index contributed by atoms with van der Waals surface area (Å²) in [6.07, 6.45) is 0. The van der Waals surface area contributed by atoms with Gasteiger partial charge in [-0.15, -0.1) is 0 Å². The van der Waals surface area contributed by atoms with Gasteiger partial charge < -0.3 is 18.9 Å². The summed E-state index contributed by atoms with van der Waals surface area (Å²) in [7, 11) is 0. The summed E-state index contributed by atoms with van der Waals surface area (Å²) in [5.41, 5.74) is 0. The highest BCUT2D eigenvalue weighted by Crippen LogP contribution is 2.32. The Bertz CT molecular complexity index is 473. The van der Waals surface area contributed by atoms with Crippen LogP contribution in [0.2, 0.25) is 5.02 Å². The summed E-state index contributed by atoms with van der Waals surface area (Å²) in [5.74, 6) is -7.95. The van der Waals surface area contributed by atoms with Crippen molar-refractivity contribution in [2.75, 3.05) is 46.2 Å². The molecule has 23 heavy (non-hydrogen) atoms. The fourth-order valence-corrected chi connectivity index (χ4v) is 1.66. The van der Waals surface area contributed by atoms with E-state index in [0.29, 0.717) is 26.4 Å². The van der Waals surface area contributed by atoms with E-state index in [0.717, 1.165) is 0 Å². The molecule has 4 nitrogen and oxygen atoms in total. The fraction of sp³-hybridized carbons (Fsp3) is 0.571. The first kappa shape index (κ1) is 20.0. The van der Waals surface area contributed by atoms with Crippen molar-refractivity contribution in [3.05, 3.63) is 28.3 Å². The van der Waals surface area contributed by atoms with E-state index in [2.05, 4.69) is 4.74 Å². The van der Waals surface area contributed by atoms with E-state index < -0.39 is 34.0 Å². The molecule has 0 atom stereocenters. The number of hydrogen-bond donors (Lipinski definition) is 0.